The highest BCUT2D eigenvalue weighted by atomic mass is 32.1. The second kappa shape index (κ2) is 7.98. The standard InChI is InChI=1S/C21H14FN3O2S/c22-17-9-2-1-8-16(17)20(26)27-15-7-5-6-14(12-15)13-23-25-21-24-18-10-3-4-11-19(18)28-21/h1-13H,(H,24,25)/b23-13-. The molecule has 0 spiro atoms. The van der Waals surface area contributed by atoms with Crippen LogP contribution >= 0.6 is 11.3 Å². The van der Waals surface area contributed by atoms with E-state index in [1.54, 1.807) is 30.5 Å². The molecule has 0 saturated heterocycles. The molecule has 0 fully saturated rings. The van der Waals surface area contributed by atoms with Gasteiger partial charge < -0.3 is 4.74 Å². The van der Waals surface area contributed by atoms with Gasteiger partial charge in [0.15, 0.2) is 0 Å². The summed E-state index contributed by atoms with van der Waals surface area (Å²) >= 11 is 1.50. The topological polar surface area (TPSA) is 63.6 Å². The Bertz CT molecular complexity index is 1140. The van der Waals surface area contributed by atoms with E-state index in [-0.39, 0.29) is 5.56 Å². The quantitative estimate of drug-likeness (QED) is 0.222. The minimum absolute atomic E-state index is 0.112. The number of anilines is 1. The van der Waals surface area contributed by atoms with Crippen molar-refractivity contribution >= 4 is 38.9 Å². The summed E-state index contributed by atoms with van der Waals surface area (Å²) in [6.45, 7) is 0. The van der Waals surface area contributed by atoms with Crippen molar-refractivity contribution in [3.8, 4) is 5.75 Å². The Labute approximate surface area is 164 Å². The highest BCUT2D eigenvalue weighted by Crippen LogP contribution is 2.25. The first-order valence-electron chi connectivity index (χ1n) is 8.40. The molecule has 0 aliphatic carbocycles. The maximum absolute atomic E-state index is 13.7. The fourth-order valence-electron chi connectivity index (χ4n) is 2.53. The smallest absolute Gasteiger partial charge is 0.346 e. The molecule has 1 aromatic heterocycles. The zero-order chi connectivity index (χ0) is 19.3. The molecule has 0 unspecified atom stereocenters. The normalized spacial score (nSPS) is 11.0. The number of halogens is 1. The number of hydrogen-bond acceptors (Lipinski definition) is 6. The van der Waals surface area contributed by atoms with Crippen LogP contribution in [-0.4, -0.2) is 17.2 Å². The number of nitrogens with zero attached hydrogens (tertiary/aromatic N) is 2. The van der Waals surface area contributed by atoms with Crippen LogP contribution in [0.4, 0.5) is 9.52 Å². The molecule has 3 aromatic carbocycles. The highest BCUT2D eigenvalue weighted by molar-refractivity contribution is 7.22. The molecule has 0 atom stereocenters. The van der Waals surface area contributed by atoms with Crippen LogP contribution in [0.2, 0.25) is 0 Å². The average molecular weight is 391 g/mol. The zero-order valence-corrected chi connectivity index (χ0v) is 15.3. The Hall–Kier alpha value is -3.58. The third-order valence-corrected chi connectivity index (χ3v) is 4.77. The Kier molecular flexibility index (Phi) is 5.07. The van der Waals surface area contributed by atoms with Gasteiger partial charge in [-0.25, -0.2) is 14.2 Å². The number of ether oxygens (including phenoxy) is 1. The lowest BCUT2D eigenvalue weighted by Crippen LogP contribution is -2.10. The fraction of sp³-hybridized carbons (Fsp3) is 0. The number of hydrazone groups is 1. The van der Waals surface area contributed by atoms with Crippen LogP contribution in [0.15, 0.2) is 77.9 Å². The molecule has 0 bridgehead atoms. The van der Waals surface area contributed by atoms with E-state index < -0.39 is 11.8 Å². The van der Waals surface area contributed by atoms with Crippen molar-refractivity contribution in [2.24, 2.45) is 5.10 Å². The van der Waals surface area contributed by atoms with E-state index in [1.165, 1.54) is 29.5 Å². The average Bonchev–Trinajstić information content (AvgIpc) is 3.11. The van der Waals surface area contributed by atoms with Crippen LogP contribution in [0.3, 0.4) is 0 Å². The van der Waals surface area contributed by atoms with Gasteiger partial charge in [0.1, 0.15) is 11.6 Å². The SMILES string of the molecule is O=C(Oc1cccc(/C=N\Nc2nc3ccccc3s2)c1)c1ccccc1F. The van der Waals surface area contributed by atoms with Gasteiger partial charge in [0.25, 0.3) is 0 Å². The summed E-state index contributed by atoms with van der Waals surface area (Å²) in [6, 6.07) is 20.3. The number of benzene rings is 3. The summed E-state index contributed by atoms with van der Waals surface area (Å²) in [5.41, 5.74) is 4.41. The Morgan fingerprint density at radius 3 is 2.75 bits per heavy atom. The van der Waals surface area contributed by atoms with E-state index in [9.17, 15) is 9.18 Å². The molecule has 0 radical (unpaired) electrons. The van der Waals surface area contributed by atoms with E-state index >= 15 is 0 Å². The predicted molar refractivity (Wildman–Crippen MR) is 109 cm³/mol. The number of nitrogens with one attached hydrogen (secondary N) is 1. The summed E-state index contributed by atoms with van der Waals surface area (Å²) in [4.78, 5) is 16.5. The maximum atomic E-state index is 13.7. The molecule has 0 amide bonds. The van der Waals surface area contributed by atoms with E-state index in [1.807, 2.05) is 30.3 Å². The maximum Gasteiger partial charge on any atom is 0.346 e. The van der Waals surface area contributed by atoms with Crippen LogP contribution in [-0.2, 0) is 0 Å². The van der Waals surface area contributed by atoms with Gasteiger partial charge in [-0.1, -0.05) is 47.7 Å². The highest BCUT2D eigenvalue weighted by Gasteiger charge is 2.13. The largest absolute Gasteiger partial charge is 0.423 e. The van der Waals surface area contributed by atoms with Gasteiger partial charge in [0.05, 0.1) is 22.0 Å². The van der Waals surface area contributed by atoms with Crippen molar-refractivity contribution in [2.45, 2.75) is 0 Å². The van der Waals surface area contributed by atoms with E-state index in [2.05, 4.69) is 15.5 Å². The first-order chi connectivity index (χ1) is 13.7. The summed E-state index contributed by atoms with van der Waals surface area (Å²) in [5.74, 6) is -1.07. The molecule has 0 aliphatic heterocycles. The van der Waals surface area contributed by atoms with Crippen molar-refractivity contribution in [3.05, 3.63) is 89.7 Å². The number of fused-ring (bicyclic) bond motifs is 1. The van der Waals surface area contributed by atoms with E-state index in [4.69, 9.17) is 4.74 Å². The number of rotatable bonds is 5. The lowest BCUT2D eigenvalue weighted by molar-refractivity contribution is 0.0730. The summed E-state index contributed by atoms with van der Waals surface area (Å²) in [5, 5.41) is 4.85. The Morgan fingerprint density at radius 1 is 1.07 bits per heavy atom. The molecule has 1 heterocycles. The van der Waals surface area contributed by atoms with Crippen LogP contribution in [0, 0.1) is 5.82 Å². The van der Waals surface area contributed by atoms with Crippen molar-refractivity contribution in [1.82, 2.24) is 4.98 Å². The third kappa shape index (κ3) is 4.05. The summed E-state index contributed by atoms with van der Waals surface area (Å²) in [6.07, 6.45) is 1.59. The molecule has 0 aliphatic rings. The Morgan fingerprint density at radius 2 is 1.89 bits per heavy atom. The summed E-state index contributed by atoms with van der Waals surface area (Å²) < 4.78 is 20.0. The van der Waals surface area contributed by atoms with Crippen molar-refractivity contribution in [3.63, 3.8) is 0 Å². The van der Waals surface area contributed by atoms with Crippen molar-refractivity contribution in [2.75, 3.05) is 5.43 Å². The molecular weight excluding hydrogens is 377 g/mol. The van der Waals surface area contributed by atoms with Gasteiger partial charge in [-0.05, 0) is 42.0 Å². The minimum atomic E-state index is -0.750. The van der Waals surface area contributed by atoms with Crippen LogP contribution in [0.5, 0.6) is 5.75 Å². The number of hydrogen-bond donors (Lipinski definition) is 1. The molecule has 0 saturated carbocycles. The minimum Gasteiger partial charge on any atom is -0.423 e. The van der Waals surface area contributed by atoms with Crippen LogP contribution < -0.4 is 10.2 Å². The fourth-order valence-corrected chi connectivity index (χ4v) is 3.34. The molecule has 4 aromatic rings. The molecule has 138 valence electrons. The molecular formula is C21H14FN3O2S. The van der Waals surface area contributed by atoms with Crippen LogP contribution in [0.25, 0.3) is 10.2 Å². The molecule has 28 heavy (non-hydrogen) atoms. The first kappa shape index (κ1) is 17.8. The second-order valence-electron chi connectivity index (χ2n) is 5.80. The van der Waals surface area contributed by atoms with Crippen molar-refractivity contribution < 1.29 is 13.9 Å². The summed E-state index contributed by atoms with van der Waals surface area (Å²) in [7, 11) is 0. The van der Waals surface area contributed by atoms with E-state index in [0.717, 1.165) is 10.2 Å². The number of aromatic nitrogens is 1. The molecule has 4 rings (SSSR count). The predicted octanol–water partition coefficient (Wildman–Crippen LogP) is 5.10. The number of para-hydroxylation sites is 1. The third-order valence-electron chi connectivity index (χ3n) is 3.83. The number of thiazole rings is 1. The van der Waals surface area contributed by atoms with E-state index in [0.29, 0.717) is 16.4 Å². The molecule has 5 nitrogen and oxygen atoms in total. The van der Waals surface area contributed by atoms with Crippen LogP contribution in [0.1, 0.15) is 15.9 Å². The monoisotopic (exact) mass is 391 g/mol. The van der Waals surface area contributed by atoms with Gasteiger partial charge in [-0.2, -0.15) is 5.10 Å². The van der Waals surface area contributed by atoms with Crippen molar-refractivity contribution in [1.29, 1.82) is 0 Å². The first-order valence-corrected chi connectivity index (χ1v) is 9.22. The van der Waals surface area contributed by atoms with Gasteiger partial charge in [-0.3, -0.25) is 5.43 Å². The molecule has 1 N–H and O–H groups in total. The van der Waals surface area contributed by atoms with Gasteiger partial charge in [0, 0.05) is 0 Å². The lowest BCUT2D eigenvalue weighted by Gasteiger charge is -2.05. The number of esters is 1. The second-order valence-corrected chi connectivity index (χ2v) is 6.83. The number of carbonyl (C=O) groups is 1. The zero-order valence-electron chi connectivity index (χ0n) is 14.5. The van der Waals surface area contributed by atoms with Gasteiger partial charge in [0.2, 0.25) is 5.13 Å². The van der Waals surface area contributed by atoms with Gasteiger partial charge >= 0.3 is 5.97 Å². The van der Waals surface area contributed by atoms with Gasteiger partial charge in [-0.15, -0.1) is 0 Å². The number of carbonyl (C=O) groups excluding carboxylic acids is 1. The lowest BCUT2D eigenvalue weighted by atomic mass is 10.2. The Balaban J connectivity index is 1.44. The molecule has 7 heteroatoms.